The molecule has 2 heteroatoms. The predicted octanol–water partition coefficient (Wildman–Crippen LogP) is 4.63. The Morgan fingerprint density at radius 3 is 2.88 bits per heavy atom. The SMILES string of the molecule is CCC(C)C1C=CC=C2C3CC(C)=CC(C)=C3N3CC(C)NC3C21. The summed E-state index contributed by atoms with van der Waals surface area (Å²) in [6.07, 6.45) is 12.6. The standard InChI is InChI=1S/C22H32N2/c1-6-14(3)17-8-7-9-18-19-11-13(2)10-15(4)21(19)24-12-16(5)23-22(24)20(17)18/h7-10,14,16-17,19-20,22-23H,6,11-12H2,1-5H3. The molecule has 24 heavy (non-hydrogen) atoms. The van der Waals surface area contributed by atoms with Crippen LogP contribution in [0, 0.1) is 23.7 Å². The summed E-state index contributed by atoms with van der Waals surface area (Å²) in [5.41, 5.74) is 6.31. The summed E-state index contributed by atoms with van der Waals surface area (Å²) in [7, 11) is 0. The third kappa shape index (κ3) is 2.34. The molecule has 0 saturated carbocycles. The number of rotatable bonds is 2. The van der Waals surface area contributed by atoms with Crippen molar-refractivity contribution in [2.75, 3.05) is 6.54 Å². The fourth-order valence-corrected chi connectivity index (χ4v) is 5.59. The predicted molar refractivity (Wildman–Crippen MR) is 101 cm³/mol. The van der Waals surface area contributed by atoms with E-state index < -0.39 is 0 Å². The van der Waals surface area contributed by atoms with E-state index in [1.54, 1.807) is 11.3 Å². The molecule has 2 aliphatic heterocycles. The molecule has 2 saturated heterocycles. The summed E-state index contributed by atoms with van der Waals surface area (Å²) in [5.74, 6) is 2.62. The van der Waals surface area contributed by atoms with E-state index in [2.05, 4.69) is 69.1 Å². The van der Waals surface area contributed by atoms with Crippen molar-refractivity contribution in [3.8, 4) is 0 Å². The van der Waals surface area contributed by atoms with Gasteiger partial charge in [-0.3, -0.25) is 5.32 Å². The topological polar surface area (TPSA) is 15.3 Å². The Kier molecular flexibility index (Phi) is 3.99. The van der Waals surface area contributed by atoms with Gasteiger partial charge in [0.2, 0.25) is 0 Å². The van der Waals surface area contributed by atoms with Crippen LogP contribution in [0.3, 0.4) is 0 Å². The van der Waals surface area contributed by atoms with Gasteiger partial charge in [0.05, 0.1) is 6.17 Å². The van der Waals surface area contributed by atoms with Crippen LogP contribution in [-0.2, 0) is 0 Å². The van der Waals surface area contributed by atoms with Crippen LogP contribution < -0.4 is 5.32 Å². The van der Waals surface area contributed by atoms with Gasteiger partial charge in [-0.05, 0) is 44.6 Å². The molecular formula is C22H32N2. The van der Waals surface area contributed by atoms with E-state index in [-0.39, 0.29) is 0 Å². The first-order valence-electron chi connectivity index (χ1n) is 9.80. The molecule has 130 valence electrons. The zero-order valence-corrected chi connectivity index (χ0v) is 15.8. The molecule has 0 aromatic rings. The van der Waals surface area contributed by atoms with Gasteiger partial charge >= 0.3 is 0 Å². The molecule has 2 nitrogen and oxygen atoms in total. The van der Waals surface area contributed by atoms with E-state index in [1.807, 2.05) is 0 Å². The van der Waals surface area contributed by atoms with Crippen molar-refractivity contribution in [3.63, 3.8) is 0 Å². The van der Waals surface area contributed by atoms with Gasteiger partial charge in [0.15, 0.2) is 0 Å². The highest BCUT2D eigenvalue weighted by atomic mass is 15.4. The van der Waals surface area contributed by atoms with E-state index in [0.29, 0.717) is 30.0 Å². The number of nitrogens with one attached hydrogen (secondary N) is 1. The molecule has 0 spiro atoms. The van der Waals surface area contributed by atoms with E-state index in [9.17, 15) is 0 Å². The largest absolute Gasteiger partial charge is 0.356 e. The molecule has 0 bridgehead atoms. The number of nitrogens with zero attached hydrogens (tertiary/aromatic N) is 1. The molecule has 6 unspecified atom stereocenters. The molecular weight excluding hydrogens is 292 g/mol. The molecule has 6 atom stereocenters. The minimum absolute atomic E-state index is 0.475. The van der Waals surface area contributed by atoms with Crippen LogP contribution in [0.5, 0.6) is 0 Å². The first kappa shape index (κ1) is 16.2. The third-order valence-corrected chi connectivity index (χ3v) is 6.76. The average Bonchev–Trinajstić information content (AvgIpc) is 2.94. The van der Waals surface area contributed by atoms with Gasteiger partial charge in [-0.1, -0.05) is 55.7 Å². The Morgan fingerprint density at radius 1 is 1.33 bits per heavy atom. The van der Waals surface area contributed by atoms with Crippen molar-refractivity contribution in [3.05, 3.63) is 46.7 Å². The van der Waals surface area contributed by atoms with E-state index in [0.717, 1.165) is 12.5 Å². The van der Waals surface area contributed by atoms with E-state index >= 15 is 0 Å². The van der Waals surface area contributed by atoms with Gasteiger partial charge in [0.25, 0.3) is 0 Å². The molecule has 2 aliphatic carbocycles. The van der Waals surface area contributed by atoms with Crippen LogP contribution in [0.25, 0.3) is 0 Å². The minimum Gasteiger partial charge on any atom is -0.356 e. The zero-order chi connectivity index (χ0) is 17.0. The van der Waals surface area contributed by atoms with Crippen molar-refractivity contribution in [1.29, 1.82) is 0 Å². The first-order valence-corrected chi connectivity index (χ1v) is 9.80. The highest BCUT2D eigenvalue weighted by Gasteiger charge is 2.50. The lowest BCUT2D eigenvalue weighted by atomic mass is 9.64. The lowest BCUT2D eigenvalue weighted by Crippen LogP contribution is -2.53. The summed E-state index contributed by atoms with van der Waals surface area (Å²) in [4.78, 5) is 2.73. The fourth-order valence-electron chi connectivity index (χ4n) is 5.59. The Morgan fingerprint density at radius 2 is 2.12 bits per heavy atom. The van der Waals surface area contributed by atoms with Crippen LogP contribution in [0.2, 0.25) is 0 Å². The van der Waals surface area contributed by atoms with Crippen molar-refractivity contribution in [2.24, 2.45) is 23.7 Å². The Hall–Kier alpha value is -1.28. The highest BCUT2D eigenvalue weighted by Crippen LogP contribution is 2.51. The Labute approximate surface area is 147 Å². The van der Waals surface area contributed by atoms with Crippen molar-refractivity contribution in [1.82, 2.24) is 10.2 Å². The van der Waals surface area contributed by atoms with Crippen LogP contribution in [-0.4, -0.2) is 23.7 Å². The lowest BCUT2D eigenvalue weighted by molar-refractivity contribution is 0.123. The second kappa shape index (κ2) is 5.91. The monoisotopic (exact) mass is 324 g/mol. The van der Waals surface area contributed by atoms with Crippen molar-refractivity contribution < 1.29 is 0 Å². The molecule has 4 rings (SSSR count). The number of hydrogen-bond acceptors (Lipinski definition) is 2. The molecule has 2 fully saturated rings. The zero-order valence-electron chi connectivity index (χ0n) is 15.8. The Bertz CT molecular complexity index is 651. The van der Waals surface area contributed by atoms with E-state index in [4.69, 9.17) is 0 Å². The van der Waals surface area contributed by atoms with Crippen LogP contribution in [0.4, 0.5) is 0 Å². The molecule has 2 heterocycles. The number of piperidine rings is 1. The maximum Gasteiger partial charge on any atom is 0.0868 e. The second-order valence-corrected chi connectivity index (χ2v) is 8.52. The summed E-state index contributed by atoms with van der Waals surface area (Å²) in [6, 6.07) is 0.575. The number of fused-ring (bicyclic) bond motifs is 6. The normalized spacial score (nSPS) is 39.0. The van der Waals surface area contributed by atoms with Gasteiger partial charge in [-0.15, -0.1) is 0 Å². The van der Waals surface area contributed by atoms with Gasteiger partial charge in [0, 0.05) is 30.1 Å². The lowest BCUT2D eigenvalue weighted by Gasteiger charge is -2.51. The second-order valence-electron chi connectivity index (χ2n) is 8.52. The molecule has 4 aliphatic rings. The van der Waals surface area contributed by atoms with Crippen LogP contribution >= 0.6 is 0 Å². The van der Waals surface area contributed by atoms with E-state index in [1.165, 1.54) is 24.0 Å². The number of allylic oxidation sites excluding steroid dienone is 7. The van der Waals surface area contributed by atoms with Gasteiger partial charge in [0.1, 0.15) is 0 Å². The van der Waals surface area contributed by atoms with Crippen LogP contribution in [0.1, 0.15) is 47.5 Å². The summed E-state index contributed by atoms with van der Waals surface area (Å²) >= 11 is 0. The summed E-state index contributed by atoms with van der Waals surface area (Å²) < 4.78 is 0. The van der Waals surface area contributed by atoms with Crippen molar-refractivity contribution >= 4 is 0 Å². The summed E-state index contributed by atoms with van der Waals surface area (Å²) in [5, 5.41) is 3.93. The van der Waals surface area contributed by atoms with Crippen molar-refractivity contribution in [2.45, 2.75) is 59.7 Å². The fraction of sp³-hybridized carbons (Fsp3) is 0.636. The first-order chi connectivity index (χ1) is 11.5. The Balaban J connectivity index is 1.82. The maximum absolute atomic E-state index is 3.93. The molecule has 0 aromatic heterocycles. The smallest absolute Gasteiger partial charge is 0.0868 e. The maximum atomic E-state index is 3.93. The van der Waals surface area contributed by atoms with Gasteiger partial charge in [-0.2, -0.15) is 0 Å². The highest BCUT2D eigenvalue weighted by molar-refractivity contribution is 5.44. The average molecular weight is 325 g/mol. The van der Waals surface area contributed by atoms with Gasteiger partial charge in [-0.25, -0.2) is 0 Å². The van der Waals surface area contributed by atoms with Crippen LogP contribution in [0.15, 0.2) is 46.7 Å². The third-order valence-electron chi connectivity index (χ3n) is 6.76. The number of hydrogen-bond donors (Lipinski definition) is 1. The molecule has 1 N–H and O–H groups in total. The minimum atomic E-state index is 0.475. The summed E-state index contributed by atoms with van der Waals surface area (Å²) in [6.45, 7) is 12.9. The molecule has 0 radical (unpaired) electrons. The molecule has 0 aromatic carbocycles. The quantitative estimate of drug-likeness (QED) is 0.796. The van der Waals surface area contributed by atoms with Gasteiger partial charge < -0.3 is 4.90 Å². The molecule has 0 amide bonds.